The minimum atomic E-state index is 0.321. The Morgan fingerprint density at radius 1 is 1.17 bits per heavy atom. The van der Waals surface area contributed by atoms with Gasteiger partial charge in [-0.2, -0.15) is 0 Å². The average Bonchev–Trinajstić information content (AvgIpc) is 2.57. The molecule has 0 saturated heterocycles. The van der Waals surface area contributed by atoms with E-state index in [1.807, 2.05) is 0 Å². The van der Waals surface area contributed by atoms with Crippen LogP contribution in [0, 0.1) is 5.92 Å². The Bertz CT molecular complexity index is 394. The third-order valence-corrected chi connectivity index (χ3v) is 4.93. The number of hydrogen-bond acceptors (Lipinski definition) is 2. The fourth-order valence-electron chi connectivity index (χ4n) is 3.93. The molecule has 1 fully saturated rings. The lowest BCUT2D eigenvalue weighted by molar-refractivity contribution is -0.00991. The molecule has 2 N–H and O–H groups in total. The van der Waals surface area contributed by atoms with Gasteiger partial charge in [-0.1, -0.05) is 31.2 Å². The van der Waals surface area contributed by atoms with Crippen LogP contribution in [0.15, 0.2) is 24.3 Å². The fourth-order valence-corrected chi connectivity index (χ4v) is 3.93. The molecule has 18 heavy (non-hydrogen) atoms. The van der Waals surface area contributed by atoms with E-state index in [0.29, 0.717) is 5.54 Å². The van der Waals surface area contributed by atoms with Crippen molar-refractivity contribution in [3.8, 4) is 0 Å². The van der Waals surface area contributed by atoms with Gasteiger partial charge in [0, 0.05) is 25.2 Å². The summed E-state index contributed by atoms with van der Waals surface area (Å²) in [5.41, 5.74) is 9.48. The van der Waals surface area contributed by atoms with E-state index in [2.05, 4.69) is 36.1 Å². The highest BCUT2D eigenvalue weighted by atomic mass is 15.2. The van der Waals surface area contributed by atoms with Crippen LogP contribution in [0.5, 0.6) is 0 Å². The molecule has 1 aromatic rings. The molecule has 0 amide bonds. The van der Waals surface area contributed by atoms with Crippen LogP contribution in [0.3, 0.4) is 0 Å². The lowest BCUT2D eigenvalue weighted by atomic mass is 9.68. The van der Waals surface area contributed by atoms with Crippen molar-refractivity contribution in [2.45, 2.75) is 38.1 Å². The summed E-state index contributed by atoms with van der Waals surface area (Å²) in [6.07, 6.45) is 4.96. The number of nitrogens with zero attached hydrogens (tertiary/aromatic N) is 1. The molecule has 1 aromatic carbocycles. The average molecular weight is 244 g/mol. The zero-order valence-corrected chi connectivity index (χ0v) is 11.4. The van der Waals surface area contributed by atoms with Crippen molar-refractivity contribution in [1.82, 2.24) is 4.90 Å². The van der Waals surface area contributed by atoms with Gasteiger partial charge in [0.05, 0.1) is 0 Å². The highest BCUT2D eigenvalue weighted by Crippen LogP contribution is 2.42. The molecule has 1 aliphatic carbocycles. The molecule has 98 valence electrons. The van der Waals surface area contributed by atoms with Crippen LogP contribution in [0.2, 0.25) is 0 Å². The summed E-state index contributed by atoms with van der Waals surface area (Å²) in [6, 6.07) is 8.91. The molecular formula is C16H24N2. The number of hydrogen-bond donors (Lipinski definition) is 1. The van der Waals surface area contributed by atoms with Crippen LogP contribution in [-0.4, -0.2) is 30.1 Å². The molecule has 2 aliphatic rings. The first kappa shape index (κ1) is 12.2. The summed E-state index contributed by atoms with van der Waals surface area (Å²) in [7, 11) is 0. The van der Waals surface area contributed by atoms with Crippen molar-refractivity contribution < 1.29 is 0 Å². The largest absolute Gasteiger partial charge is 0.329 e. The summed E-state index contributed by atoms with van der Waals surface area (Å²) < 4.78 is 0. The summed E-state index contributed by atoms with van der Waals surface area (Å²) in [6.45, 7) is 5.54. The van der Waals surface area contributed by atoms with Crippen molar-refractivity contribution >= 4 is 0 Å². The molecule has 0 radical (unpaired) electrons. The van der Waals surface area contributed by atoms with E-state index < -0.39 is 0 Å². The van der Waals surface area contributed by atoms with Gasteiger partial charge in [-0.25, -0.2) is 0 Å². The first-order chi connectivity index (χ1) is 8.73. The van der Waals surface area contributed by atoms with Crippen molar-refractivity contribution in [2.75, 3.05) is 19.6 Å². The molecule has 2 heteroatoms. The number of nitrogens with two attached hydrogens (primary N) is 1. The molecule has 0 aromatic heterocycles. The molecule has 3 rings (SSSR count). The van der Waals surface area contributed by atoms with E-state index in [1.165, 1.54) is 38.8 Å². The van der Waals surface area contributed by atoms with E-state index in [0.717, 1.165) is 12.5 Å². The van der Waals surface area contributed by atoms with Crippen molar-refractivity contribution in [3.63, 3.8) is 0 Å². The second-order valence-corrected chi connectivity index (χ2v) is 6.20. The highest BCUT2D eigenvalue weighted by Gasteiger charge is 2.45. The summed E-state index contributed by atoms with van der Waals surface area (Å²) >= 11 is 0. The highest BCUT2D eigenvalue weighted by molar-refractivity contribution is 5.29. The molecule has 0 unspecified atom stereocenters. The van der Waals surface area contributed by atoms with Gasteiger partial charge >= 0.3 is 0 Å². The van der Waals surface area contributed by atoms with Gasteiger partial charge < -0.3 is 5.73 Å². The smallest absolute Gasteiger partial charge is 0.0337 e. The first-order valence-corrected chi connectivity index (χ1v) is 7.25. The minimum absolute atomic E-state index is 0.321. The standard InChI is InChI=1S/C16H24N2/c1-13-10-16(11-13,12-17)18-8-6-14-4-2-3-5-15(14)7-9-18/h2-5,13H,6-12,17H2,1H3. The number of benzene rings is 1. The molecular weight excluding hydrogens is 220 g/mol. The quantitative estimate of drug-likeness (QED) is 0.864. The SMILES string of the molecule is CC1CC(CN)(N2CCc3ccccc3CC2)C1. The van der Waals surface area contributed by atoms with E-state index in [-0.39, 0.29) is 0 Å². The van der Waals surface area contributed by atoms with E-state index >= 15 is 0 Å². The predicted molar refractivity (Wildman–Crippen MR) is 75.6 cm³/mol. The Hall–Kier alpha value is -0.860. The predicted octanol–water partition coefficient (Wildman–Crippen LogP) is 2.21. The zero-order valence-electron chi connectivity index (χ0n) is 11.4. The third-order valence-electron chi connectivity index (χ3n) is 4.93. The molecule has 1 aliphatic heterocycles. The van der Waals surface area contributed by atoms with Crippen LogP contribution in [0.4, 0.5) is 0 Å². The Labute approximate surface area is 110 Å². The topological polar surface area (TPSA) is 29.3 Å². The van der Waals surface area contributed by atoms with Crippen molar-refractivity contribution in [1.29, 1.82) is 0 Å². The molecule has 0 spiro atoms. The van der Waals surface area contributed by atoms with Gasteiger partial charge in [0.15, 0.2) is 0 Å². The van der Waals surface area contributed by atoms with E-state index in [9.17, 15) is 0 Å². The van der Waals surface area contributed by atoms with Crippen LogP contribution >= 0.6 is 0 Å². The van der Waals surface area contributed by atoms with Gasteiger partial charge in [-0.15, -0.1) is 0 Å². The molecule has 0 atom stereocenters. The van der Waals surface area contributed by atoms with Gasteiger partial charge in [-0.3, -0.25) is 4.90 Å². The third kappa shape index (κ3) is 1.98. The number of rotatable bonds is 2. The lowest BCUT2D eigenvalue weighted by Gasteiger charge is -2.53. The minimum Gasteiger partial charge on any atom is -0.329 e. The van der Waals surface area contributed by atoms with Crippen LogP contribution < -0.4 is 5.73 Å². The van der Waals surface area contributed by atoms with Crippen molar-refractivity contribution in [3.05, 3.63) is 35.4 Å². The lowest BCUT2D eigenvalue weighted by Crippen LogP contribution is -2.61. The zero-order chi connectivity index (χ0) is 12.6. The summed E-state index contributed by atoms with van der Waals surface area (Å²) in [5.74, 6) is 0.860. The van der Waals surface area contributed by atoms with Gasteiger partial charge in [0.2, 0.25) is 0 Å². The Morgan fingerprint density at radius 3 is 2.17 bits per heavy atom. The molecule has 1 heterocycles. The Balaban J connectivity index is 1.75. The van der Waals surface area contributed by atoms with Crippen LogP contribution in [0.1, 0.15) is 30.9 Å². The Kier molecular flexibility index (Phi) is 3.16. The normalized spacial score (nSPS) is 32.4. The summed E-state index contributed by atoms with van der Waals surface area (Å²) in [5, 5.41) is 0. The molecule has 2 nitrogen and oxygen atoms in total. The monoisotopic (exact) mass is 244 g/mol. The number of fused-ring (bicyclic) bond motifs is 1. The maximum Gasteiger partial charge on any atom is 0.0337 e. The maximum absolute atomic E-state index is 6.08. The van der Waals surface area contributed by atoms with Gasteiger partial charge in [-0.05, 0) is 42.7 Å². The molecule has 1 saturated carbocycles. The summed E-state index contributed by atoms with van der Waals surface area (Å²) in [4.78, 5) is 2.67. The van der Waals surface area contributed by atoms with Crippen LogP contribution in [-0.2, 0) is 12.8 Å². The molecule has 0 bridgehead atoms. The fraction of sp³-hybridized carbons (Fsp3) is 0.625. The second-order valence-electron chi connectivity index (χ2n) is 6.20. The van der Waals surface area contributed by atoms with E-state index in [4.69, 9.17) is 5.73 Å². The van der Waals surface area contributed by atoms with Crippen LogP contribution in [0.25, 0.3) is 0 Å². The Morgan fingerprint density at radius 2 is 1.72 bits per heavy atom. The van der Waals surface area contributed by atoms with Gasteiger partial charge in [0.1, 0.15) is 0 Å². The first-order valence-electron chi connectivity index (χ1n) is 7.25. The van der Waals surface area contributed by atoms with Gasteiger partial charge in [0.25, 0.3) is 0 Å². The van der Waals surface area contributed by atoms with Crippen molar-refractivity contribution in [2.24, 2.45) is 11.7 Å². The maximum atomic E-state index is 6.08. The second kappa shape index (κ2) is 4.67. The van der Waals surface area contributed by atoms with E-state index in [1.54, 1.807) is 11.1 Å².